The highest BCUT2D eigenvalue weighted by molar-refractivity contribution is 7.16. The van der Waals surface area contributed by atoms with Crippen molar-refractivity contribution in [2.45, 2.75) is 31.8 Å². The summed E-state index contributed by atoms with van der Waals surface area (Å²) in [5.41, 5.74) is 0. The van der Waals surface area contributed by atoms with Crippen LogP contribution in [0.4, 0.5) is 0 Å². The Balaban J connectivity index is 1.47. The molecular weight excluding hydrogens is 306 g/mol. The van der Waals surface area contributed by atoms with Crippen molar-refractivity contribution < 1.29 is 4.79 Å². The van der Waals surface area contributed by atoms with Gasteiger partial charge < -0.3 is 10.2 Å². The topological polar surface area (TPSA) is 35.6 Å². The first-order chi connectivity index (χ1) is 10.2. The number of piperidine rings is 1. The molecule has 1 N–H and O–H groups in total. The number of piperazine rings is 1. The summed E-state index contributed by atoms with van der Waals surface area (Å²) in [5, 5.41) is 3.35. The molecule has 0 unspecified atom stereocenters. The van der Waals surface area contributed by atoms with Crippen LogP contribution in [0.1, 0.15) is 24.1 Å². The lowest BCUT2D eigenvalue weighted by atomic mass is 10.0. The highest BCUT2D eigenvalue weighted by atomic mass is 35.5. The van der Waals surface area contributed by atoms with Crippen molar-refractivity contribution in [3.05, 3.63) is 21.3 Å². The molecule has 0 spiro atoms. The molecule has 0 bridgehead atoms. The Kier molecular flexibility index (Phi) is 5.16. The highest BCUT2D eigenvalue weighted by Crippen LogP contribution is 2.23. The van der Waals surface area contributed by atoms with E-state index >= 15 is 0 Å². The average molecular weight is 328 g/mol. The Hall–Kier alpha value is -0.620. The first-order valence-electron chi connectivity index (χ1n) is 7.71. The van der Waals surface area contributed by atoms with Gasteiger partial charge in [0.1, 0.15) is 0 Å². The number of carbonyl (C=O) groups excluding carboxylic acids is 1. The molecule has 1 aromatic heterocycles. The van der Waals surface area contributed by atoms with Gasteiger partial charge in [0.05, 0.1) is 10.4 Å². The Morgan fingerprint density at radius 2 is 2.10 bits per heavy atom. The summed E-state index contributed by atoms with van der Waals surface area (Å²) in [6.45, 7) is 5.52. The summed E-state index contributed by atoms with van der Waals surface area (Å²) >= 11 is 7.61. The second-order valence-corrected chi connectivity index (χ2v) is 7.61. The molecule has 3 heterocycles. The first-order valence-corrected chi connectivity index (χ1v) is 8.90. The normalized spacial score (nSPS) is 24.2. The van der Waals surface area contributed by atoms with Crippen LogP contribution >= 0.6 is 22.9 Å². The lowest BCUT2D eigenvalue weighted by Crippen LogP contribution is -2.54. The van der Waals surface area contributed by atoms with Gasteiger partial charge >= 0.3 is 0 Å². The lowest BCUT2D eigenvalue weighted by Gasteiger charge is -2.37. The number of hydrogen-bond acceptors (Lipinski definition) is 4. The van der Waals surface area contributed by atoms with Gasteiger partial charge in [-0.1, -0.05) is 18.0 Å². The molecule has 1 aromatic rings. The molecule has 2 aliphatic heterocycles. The summed E-state index contributed by atoms with van der Waals surface area (Å²) in [7, 11) is 0. The van der Waals surface area contributed by atoms with E-state index in [1.165, 1.54) is 17.7 Å². The van der Waals surface area contributed by atoms with Gasteiger partial charge in [0.15, 0.2) is 0 Å². The van der Waals surface area contributed by atoms with Crippen LogP contribution in [0.25, 0.3) is 0 Å². The minimum atomic E-state index is 0.0569. The van der Waals surface area contributed by atoms with Crippen LogP contribution in [0.15, 0.2) is 12.1 Å². The Bertz CT molecular complexity index is 479. The fourth-order valence-electron chi connectivity index (χ4n) is 3.07. The Labute approximate surface area is 135 Å². The van der Waals surface area contributed by atoms with Crippen LogP contribution in [-0.4, -0.2) is 54.5 Å². The quantitative estimate of drug-likeness (QED) is 0.924. The van der Waals surface area contributed by atoms with E-state index < -0.39 is 0 Å². The summed E-state index contributed by atoms with van der Waals surface area (Å²) in [6.07, 6.45) is 3.36. The molecule has 2 fully saturated rings. The van der Waals surface area contributed by atoms with Crippen LogP contribution in [0.3, 0.4) is 0 Å². The summed E-state index contributed by atoms with van der Waals surface area (Å²) < 4.78 is 0.849. The zero-order chi connectivity index (χ0) is 14.7. The second kappa shape index (κ2) is 7.09. The zero-order valence-corrected chi connectivity index (χ0v) is 13.8. The van der Waals surface area contributed by atoms with Gasteiger partial charge in [-0.05, 0) is 31.5 Å². The molecular formula is C15H22ClN3OS. The Morgan fingerprint density at radius 1 is 1.29 bits per heavy atom. The number of thiophene rings is 1. The molecule has 4 nitrogen and oxygen atoms in total. The molecule has 2 aliphatic rings. The van der Waals surface area contributed by atoms with Gasteiger partial charge in [-0.15, -0.1) is 11.3 Å². The third-order valence-corrected chi connectivity index (χ3v) is 5.52. The minimum absolute atomic E-state index is 0.0569. The van der Waals surface area contributed by atoms with E-state index in [0.717, 1.165) is 50.0 Å². The smallest absolute Gasteiger partial charge is 0.239 e. The van der Waals surface area contributed by atoms with E-state index in [1.807, 2.05) is 11.0 Å². The maximum absolute atomic E-state index is 12.5. The van der Waals surface area contributed by atoms with E-state index in [4.69, 9.17) is 11.6 Å². The van der Waals surface area contributed by atoms with Gasteiger partial charge in [0.2, 0.25) is 5.91 Å². The van der Waals surface area contributed by atoms with Gasteiger partial charge in [0.25, 0.3) is 0 Å². The molecule has 3 rings (SSSR count). The maximum atomic E-state index is 12.5. The highest BCUT2D eigenvalue weighted by Gasteiger charge is 2.28. The number of amides is 1. The SMILES string of the molecule is O=C([C@@H]1CCCCN1)N1CCN(Cc2ccc(Cl)s2)CC1. The maximum Gasteiger partial charge on any atom is 0.239 e. The minimum Gasteiger partial charge on any atom is -0.339 e. The van der Waals surface area contributed by atoms with Gasteiger partial charge in [-0.2, -0.15) is 0 Å². The van der Waals surface area contributed by atoms with Crippen molar-refractivity contribution in [1.29, 1.82) is 0 Å². The summed E-state index contributed by atoms with van der Waals surface area (Å²) in [6, 6.07) is 4.11. The number of nitrogens with one attached hydrogen (secondary N) is 1. The third kappa shape index (κ3) is 3.97. The number of rotatable bonds is 3. The van der Waals surface area contributed by atoms with Crippen molar-refractivity contribution in [2.75, 3.05) is 32.7 Å². The molecule has 1 atom stereocenters. The zero-order valence-electron chi connectivity index (χ0n) is 12.2. The van der Waals surface area contributed by atoms with Crippen molar-refractivity contribution in [3.8, 4) is 0 Å². The van der Waals surface area contributed by atoms with E-state index in [1.54, 1.807) is 11.3 Å². The number of carbonyl (C=O) groups is 1. The molecule has 0 aromatic carbocycles. The molecule has 21 heavy (non-hydrogen) atoms. The van der Waals surface area contributed by atoms with Crippen LogP contribution in [-0.2, 0) is 11.3 Å². The molecule has 1 amide bonds. The number of nitrogens with zero attached hydrogens (tertiary/aromatic N) is 2. The van der Waals surface area contributed by atoms with E-state index in [-0.39, 0.29) is 6.04 Å². The summed E-state index contributed by atoms with van der Waals surface area (Å²) in [4.78, 5) is 18.2. The van der Waals surface area contributed by atoms with Crippen LogP contribution in [0, 0.1) is 0 Å². The van der Waals surface area contributed by atoms with Crippen molar-refractivity contribution in [2.24, 2.45) is 0 Å². The fourth-order valence-corrected chi connectivity index (χ4v) is 4.20. The molecule has 2 saturated heterocycles. The Morgan fingerprint density at radius 3 is 2.71 bits per heavy atom. The van der Waals surface area contributed by atoms with Crippen molar-refractivity contribution in [3.63, 3.8) is 0 Å². The molecule has 6 heteroatoms. The number of halogens is 1. The number of hydrogen-bond donors (Lipinski definition) is 1. The fraction of sp³-hybridized carbons (Fsp3) is 0.667. The molecule has 0 aliphatic carbocycles. The van der Waals surface area contributed by atoms with Crippen LogP contribution < -0.4 is 5.32 Å². The van der Waals surface area contributed by atoms with Crippen molar-refractivity contribution >= 4 is 28.8 Å². The third-order valence-electron chi connectivity index (χ3n) is 4.30. The van der Waals surface area contributed by atoms with Gasteiger partial charge in [-0.3, -0.25) is 9.69 Å². The van der Waals surface area contributed by atoms with Gasteiger partial charge in [-0.25, -0.2) is 0 Å². The van der Waals surface area contributed by atoms with Crippen LogP contribution in [0.2, 0.25) is 4.34 Å². The molecule has 0 saturated carbocycles. The standard InChI is InChI=1S/C15H22ClN3OS/c16-14-5-4-12(21-14)11-18-7-9-19(10-8-18)15(20)13-3-1-2-6-17-13/h4-5,13,17H,1-3,6-11H2/t13-/m0/s1. The molecule has 0 radical (unpaired) electrons. The second-order valence-electron chi connectivity index (χ2n) is 5.81. The van der Waals surface area contributed by atoms with E-state index in [9.17, 15) is 4.79 Å². The van der Waals surface area contributed by atoms with Gasteiger partial charge in [0, 0.05) is 37.6 Å². The monoisotopic (exact) mass is 327 g/mol. The summed E-state index contributed by atoms with van der Waals surface area (Å²) in [5.74, 6) is 0.300. The van der Waals surface area contributed by atoms with Crippen LogP contribution in [0.5, 0.6) is 0 Å². The first kappa shape index (κ1) is 15.3. The van der Waals surface area contributed by atoms with E-state index in [0.29, 0.717) is 5.91 Å². The lowest BCUT2D eigenvalue weighted by molar-refractivity contribution is -0.135. The largest absolute Gasteiger partial charge is 0.339 e. The van der Waals surface area contributed by atoms with E-state index in [2.05, 4.69) is 16.3 Å². The predicted molar refractivity (Wildman–Crippen MR) is 86.8 cm³/mol. The predicted octanol–water partition coefficient (Wildman–Crippen LogP) is 2.19. The van der Waals surface area contributed by atoms with Crippen molar-refractivity contribution in [1.82, 2.24) is 15.1 Å². The molecule has 116 valence electrons. The average Bonchev–Trinajstić information content (AvgIpc) is 2.93.